The zero-order chi connectivity index (χ0) is 69.8. The highest BCUT2D eigenvalue weighted by Crippen LogP contribution is 2.41. The van der Waals surface area contributed by atoms with Gasteiger partial charge in [-0.25, -0.2) is 9.59 Å². The highest BCUT2D eigenvalue weighted by atomic mass is 16.8. The van der Waals surface area contributed by atoms with Gasteiger partial charge in [0, 0.05) is 29.8 Å². The quantitative estimate of drug-likeness (QED) is 0.0244. The Morgan fingerprint density at radius 1 is 0.464 bits per heavy atom. The summed E-state index contributed by atoms with van der Waals surface area (Å²) in [6.07, 6.45) is -44.1. The molecule has 25 atom stereocenters. The number of hydrogen-bond acceptors (Lipinski definition) is 34. The molecule has 0 unspecified atom stereocenters. The number of aliphatic hydroxyl groups is 14. The molecule has 5 aliphatic rings. The largest absolute Gasteiger partial charge is 0.508 e. The van der Waals surface area contributed by atoms with Crippen molar-refractivity contribution in [1.29, 1.82) is 0 Å². The van der Waals surface area contributed by atoms with Crippen LogP contribution in [0.2, 0.25) is 0 Å². The minimum Gasteiger partial charge on any atom is -0.508 e. The van der Waals surface area contributed by atoms with Gasteiger partial charge in [0.05, 0.1) is 19.3 Å². The molecule has 0 aliphatic carbocycles. The lowest BCUT2D eigenvalue weighted by Gasteiger charge is -2.48. The lowest BCUT2D eigenvalue weighted by atomic mass is 9.96. The zero-order valence-corrected chi connectivity index (χ0v) is 50.7. The highest BCUT2D eigenvalue weighted by Gasteiger charge is 2.56. The van der Waals surface area contributed by atoms with Crippen molar-refractivity contribution in [1.82, 2.24) is 0 Å². The molecule has 0 radical (unpaired) electrons. The van der Waals surface area contributed by atoms with E-state index < -0.39 is 231 Å². The van der Waals surface area contributed by atoms with Gasteiger partial charge in [-0.1, -0.05) is 24.3 Å². The topological polar surface area (TPSA) is 539 Å². The SMILES string of the molecule is C[C@@H]1O[C@@H](Oc2c(-c3ccc(O)cc3)oc3cc(O[C@H]4O[C@H](CO[C@@H]5O[C@H](CO)[C@@H](O)[C@H](O)[C@H]5O)[C@@H](O)[C@H](O)[C@H]4O)cc(O)c3c2=O)[C@H](O[C@@H]2O[C@H](COC(=O)/C=C/c3ccc(O)cc3)[C@@H](O)[C@H](O)[C@H]2O)[C@H](O[C@@H]2O[C@H](COC(=O)/C=C/c3ccc(O)cc3)[C@@H](O)[C@H](O)[C@H]2O)[C@H]1O. The molecule has 0 saturated carbocycles. The fourth-order valence-corrected chi connectivity index (χ4v) is 11.0. The van der Waals surface area contributed by atoms with Gasteiger partial charge < -0.3 is 153 Å². The first-order valence-electron chi connectivity index (χ1n) is 30.1. The lowest BCUT2D eigenvalue weighted by Crippen LogP contribution is -2.67. The van der Waals surface area contributed by atoms with Gasteiger partial charge in [0.1, 0.15) is 163 Å². The Bertz CT molecular complexity index is 3590. The number of ether oxygens (including phenoxy) is 12. The second kappa shape index (κ2) is 31.1. The van der Waals surface area contributed by atoms with Crippen molar-refractivity contribution in [3.05, 3.63) is 118 Å². The molecule has 6 heterocycles. The maximum atomic E-state index is 15.2. The molecule has 0 amide bonds. The van der Waals surface area contributed by atoms with E-state index >= 15 is 4.79 Å². The van der Waals surface area contributed by atoms with Gasteiger partial charge >= 0.3 is 11.9 Å². The number of fused-ring (bicyclic) bond motifs is 1. The van der Waals surface area contributed by atoms with Crippen LogP contribution in [0.25, 0.3) is 34.4 Å². The molecule has 1 aromatic heterocycles. The van der Waals surface area contributed by atoms with Crippen LogP contribution >= 0.6 is 0 Å². The summed E-state index contributed by atoms with van der Waals surface area (Å²) in [5.74, 6) is -5.18. The number of esters is 2. The number of carbonyl (C=O) groups is 2. The average Bonchev–Trinajstić information content (AvgIpc) is 0.755. The minimum absolute atomic E-state index is 0.0438. The number of aromatic hydroxyl groups is 4. The van der Waals surface area contributed by atoms with Crippen LogP contribution in [0.1, 0.15) is 18.1 Å². The minimum atomic E-state index is -2.26. The van der Waals surface area contributed by atoms with Crippen molar-refractivity contribution < 1.29 is 163 Å². The molecule has 10 rings (SSSR count). The number of carbonyl (C=O) groups excluding carboxylic acids is 2. The van der Waals surface area contributed by atoms with Crippen molar-refractivity contribution in [2.24, 2.45) is 0 Å². The molecule has 5 fully saturated rings. The molecule has 5 aromatic rings. The van der Waals surface area contributed by atoms with Crippen LogP contribution in [-0.2, 0) is 57.0 Å². The third kappa shape index (κ3) is 16.3. The third-order valence-electron chi connectivity index (χ3n) is 16.5. The summed E-state index contributed by atoms with van der Waals surface area (Å²) >= 11 is 0. The number of benzene rings is 4. The molecule has 34 nitrogen and oxygen atoms in total. The van der Waals surface area contributed by atoms with Crippen LogP contribution in [0.3, 0.4) is 0 Å². The monoisotopic (exact) mass is 1370 g/mol. The summed E-state index contributed by atoms with van der Waals surface area (Å²) in [6.45, 7) is -1.95. The Balaban J connectivity index is 0.963. The van der Waals surface area contributed by atoms with Crippen molar-refractivity contribution in [2.45, 2.75) is 160 Å². The van der Waals surface area contributed by atoms with E-state index in [2.05, 4.69) is 0 Å². The van der Waals surface area contributed by atoms with Crippen LogP contribution in [-0.4, -0.2) is 284 Å². The van der Waals surface area contributed by atoms with Crippen LogP contribution < -0.4 is 14.9 Å². The first kappa shape index (κ1) is 72.2. The van der Waals surface area contributed by atoms with E-state index in [0.717, 1.165) is 36.4 Å². The number of phenols is 4. The molecular weight excluding hydrogens is 1300 g/mol. The van der Waals surface area contributed by atoms with E-state index in [1.807, 2.05) is 0 Å². The Hall–Kier alpha value is -7.57. The summed E-state index contributed by atoms with van der Waals surface area (Å²) in [4.78, 5) is 41.0. The second-order valence-electron chi connectivity index (χ2n) is 23.3. The molecule has 5 saturated heterocycles. The Labute approximate surface area is 547 Å². The Morgan fingerprint density at radius 2 is 0.897 bits per heavy atom. The van der Waals surface area contributed by atoms with Crippen molar-refractivity contribution >= 4 is 35.1 Å². The van der Waals surface area contributed by atoms with E-state index in [4.69, 9.17) is 61.3 Å². The smallest absolute Gasteiger partial charge is 0.330 e. The van der Waals surface area contributed by atoms with Crippen LogP contribution in [0.15, 0.2) is 106 Å². The van der Waals surface area contributed by atoms with Crippen molar-refractivity contribution in [3.8, 4) is 45.8 Å². The van der Waals surface area contributed by atoms with E-state index in [1.54, 1.807) is 0 Å². The van der Waals surface area contributed by atoms with Gasteiger partial charge in [0.25, 0.3) is 0 Å². The molecule has 34 heteroatoms. The Morgan fingerprint density at radius 3 is 1.40 bits per heavy atom. The molecule has 528 valence electrons. The molecule has 5 aliphatic heterocycles. The van der Waals surface area contributed by atoms with E-state index in [0.29, 0.717) is 11.1 Å². The first-order valence-corrected chi connectivity index (χ1v) is 30.1. The van der Waals surface area contributed by atoms with Gasteiger partial charge in [0.15, 0.2) is 30.7 Å². The number of rotatable bonds is 21. The maximum Gasteiger partial charge on any atom is 0.330 e. The fourth-order valence-electron chi connectivity index (χ4n) is 11.0. The van der Waals surface area contributed by atoms with Gasteiger partial charge in [-0.2, -0.15) is 0 Å². The fraction of sp³-hybridized carbons (Fsp3) is 0.476. The second-order valence-corrected chi connectivity index (χ2v) is 23.3. The lowest BCUT2D eigenvalue weighted by molar-refractivity contribution is -0.382. The maximum absolute atomic E-state index is 15.2. The predicted octanol–water partition coefficient (Wildman–Crippen LogP) is -4.33. The first-order chi connectivity index (χ1) is 46.2. The van der Waals surface area contributed by atoms with Gasteiger partial charge in [0.2, 0.25) is 23.8 Å². The summed E-state index contributed by atoms with van der Waals surface area (Å²) in [5.41, 5.74) is -0.882. The molecule has 0 bridgehead atoms. The van der Waals surface area contributed by atoms with Crippen molar-refractivity contribution in [3.63, 3.8) is 0 Å². The summed E-state index contributed by atoms with van der Waals surface area (Å²) < 4.78 is 76.1. The van der Waals surface area contributed by atoms with E-state index in [9.17, 15) is 102 Å². The molecule has 4 aromatic carbocycles. The summed E-state index contributed by atoms with van der Waals surface area (Å²) in [5, 5.41) is 194. The van der Waals surface area contributed by atoms with E-state index in [1.165, 1.54) is 79.7 Å². The zero-order valence-electron chi connectivity index (χ0n) is 50.7. The number of aliphatic hydroxyl groups excluding tert-OH is 14. The molecule has 97 heavy (non-hydrogen) atoms. The van der Waals surface area contributed by atoms with Crippen LogP contribution in [0.5, 0.6) is 34.5 Å². The van der Waals surface area contributed by atoms with Gasteiger partial charge in [-0.05, 0) is 78.7 Å². The van der Waals surface area contributed by atoms with Gasteiger partial charge in [-0.3, -0.25) is 4.79 Å². The molecule has 0 spiro atoms. The number of phenolic OH excluding ortho intramolecular Hbond substituents is 4. The highest BCUT2D eigenvalue weighted by molar-refractivity contribution is 5.89. The molecular formula is C63H72O34. The van der Waals surface area contributed by atoms with Crippen molar-refractivity contribution in [2.75, 3.05) is 26.4 Å². The van der Waals surface area contributed by atoms with Crippen LogP contribution in [0.4, 0.5) is 0 Å². The normalized spacial score (nSPS) is 35.6. The van der Waals surface area contributed by atoms with E-state index in [-0.39, 0.29) is 22.8 Å². The summed E-state index contributed by atoms with van der Waals surface area (Å²) in [7, 11) is 0. The standard InChI is InChI=1S/C63H72O34/c1-24-41(71)56(95-61-53(83)49(79)43(73)35(93-61)21-85-38(69)16-6-25-2-10-28(65)11-3-25)58(97-62-54(84)50(80)44(74)36(94-62)22-86-39(70)17-7-26-4-12-29(66)13-5-26)63(88-24)96-57-46(76)40-32(68)18-31(19-33(40)90-55(57)27-8-14-30(67)15-9-27)89-60-52(82)48(78)45(75)37(92-60)23-87-59-51(81)47(77)42(72)34(20-64)91-59/h2-19,24,34-37,41-45,47-54,56,58-68,71-75,77-84H,20-23H2,1H3/b16-6+,17-7+/t24-,34+,35+,36+,37+,41-,42+,43+,44+,45+,47-,48-,49-,50-,51+,52+,53+,54+,56+,58+,59+,60-,61-,62-,63-/m0/s1. The average molecular weight is 1370 g/mol. The summed E-state index contributed by atoms with van der Waals surface area (Å²) in [6, 6.07) is 18.0. The predicted molar refractivity (Wildman–Crippen MR) is 319 cm³/mol. The van der Waals surface area contributed by atoms with Crippen LogP contribution in [0, 0.1) is 0 Å². The number of hydrogen-bond donors (Lipinski definition) is 18. The van der Waals surface area contributed by atoms with Gasteiger partial charge in [-0.15, -0.1) is 0 Å². The third-order valence-corrected chi connectivity index (χ3v) is 16.5. The molecule has 18 N–H and O–H groups in total. The Kier molecular flexibility index (Phi) is 23.1.